The second-order valence-electron chi connectivity index (χ2n) is 12.3. The van der Waals surface area contributed by atoms with Crippen LogP contribution in [0.25, 0.3) is 88.5 Å². The number of hydrogen-bond acceptors (Lipinski definition) is 2. The van der Waals surface area contributed by atoms with Crippen molar-refractivity contribution in [3.05, 3.63) is 170 Å². The van der Waals surface area contributed by atoms with Gasteiger partial charge in [0.25, 0.3) is 0 Å². The van der Waals surface area contributed by atoms with Crippen LogP contribution in [0.2, 0.25) is 0 Å². The summed E-state index contributed by atoms with van der Waals surface area (Å²) in [6.07, 6.45) is 0. The molecule has 10 rings (SSSR count). The highest BCUT2D eigenvalue weighted by Crippen LogP contribution is 2.39. The van der Waals surface area contributed by atoms with Crippen molar-refractivity contribution in [2.75, 3.05) is 0 Å². The highest BCUT2D eigenvalue weighted by atomic mass is 15.1. The first kappa shape index (κ1) is 26.7. The molecule has 0 aliphatic rings. The normalized spacial score (nSPS) is 11.8. The lowest BCUT2D eigenvalue weighted by molar-refractivity contribution is 1.08. The molecule has 0 fully saturated rings. The van der Waals surface area contributed by atoms with E-state index in [-0.39, 0.29) is 0 Å². The topological polar surface area (TPSA) is 35.6 Å². The molecule has 0 radical (unpaired) electrons. The minimum Gasteiger partial charge on any atom is -0.309 e. The fourth-order valence-corrected chi connectivity index (χ4v) is 7.35. The van der Waals surface area contributed by atoms with Gasteiger partial charge in [0, 0.05) is 32.8 Å². The van der Waals surface area contributed by atoms with E-state index in [1.165, 1.54) is 38.1 Å². The average Bonchev–Trinajstić information content (AvgIpc) is 3.67. The van der Waals surface area contributed by atoms with E-state index < -0.39 is 0 Å². The van der Waals surface area contributed by atoms with Crippen LogP contribution in [0.4, 0.5) is 0 Å². The van der Waals surface area contributed by atoms with Crippen LogP contribution in [0, 0.1) is 0 Å². The number of benzene rings is 7. The largest absolute Gasteiger partial charge is 0.309 e. The maximum Gasteiger partial charge on any atom is 0.165 e. The summed E-state index contributed by atoms with van der Waals surface area (Å²) in [6.45, 7) is 0. The fourth-order valence-electron chi connectivity index (χ4n) is 7.35. The summed E-state index contributed by atoms with van der Waals surface area (Å²) < 4.78 is 4.68. The molecule has 48 heavy (non-hydrogen) atoms. The fraction of sp³-hybridized carbons (Fsp3) is 0. The lowest BCUT2D eigenvalue weighted by Crippen LogP contribution is -2.04. The van der Waals surface area contributed by atoms with E-state index in [0.717, 1.165) is 50.4 Å². The van der Waals surface area contributed by atoms with Gasteiger partial charge in [0.2, 0.25) is 0 Å². The Morgan fingerprint density at radius 2 is 0.854 bits per heavy atom. The van der Waals surface area contributed by atoms with E-state index in [1.807, 2.05) is 24.3 Å². The van der Waals surface area contributed by atoms with Crippen LogP contribution in [0.15, 0.2) is 170 Å². The van der Waals surface area contributed by atoms with Crippen LogP contribution in [0.1, 0.15) is 0 Å². The molecule has 0 bridgehead atoms. The van der Waals surface area contributed by atoms with Crippen LogP contribution >= 0.6 is 0 Å². The molecule has 0 saturated carbocycles. The molecule has 3 heterocycles. The zero-order valence-electron chi connectivity index (χ0n) is 26.0. The first-order chi connectivity index (χ1) is 23.8. The van der Waals surface area contributed by atoms with Gasteiger partial charge in [-0.1, -0.05) is 115 Å². The second-order valence-corrected chi connectivity index (χ2v) is 12.3. The van der Waals surface area contributed by atoms with Crippen molar-refractivity contribution in [2.24, 2.45) is 0 Å². The molecule has 3 aromatic heterocycles. The summed E-state index contributed by atoms with van der Waals surface area (Å²) in [4.78, 5) is 10.6. The van der Waals surface area contributed by atoms with Crippen molar-refractivity contribution >= 4 is 54.6 Å². The minimum absolute atomic E-state index is 0.815. The molecular formula is C44H28N4. The maximum atomic E-state index is 5.35. The van der Waals surface area contributed by atoms with E-state index >= 15 is 0 Å². The molecule has 0 atom stereocenters. The lowest BCUT2D eigenvalue weighted by atomic mass is 10.0. The van der Waals surface area contributed by atoms with E-state index in [2.05, 4.69) is 155 Å². The van der Waals surface area contributed by atoms with Crippen LogP contribution < -0.4 is 0 Å². The minimum atomic E-state index is 0.815. The molecular weight excluding hydrogens is 585 g/mol. The number of fused-ring (bicyclic) bond motifs is 7. The number of aromatic nitrogens is 4. The SMILES string of the molecule is c1ccc(-c2cccc(-c3nc4ccccc4nc3-n3c4ccccc4c4cc(-n5c6ccccc6c6ccccc65)ccc43)c2)cc1. The Bertz CT molecular complexity index is 2790. The van der Waals surface area contributed by atoms with Crippen molar-refractivity contribution in [1.82, 2.24) is 19.1 Å². The smallest absolute Gasteiger partial charge is 0.165 e. The van der Waals surface area contributed by atoms with Crippen LogP contribution in [0.3, 0.4) is 0 Å². The Labute approximate surface area is 276 Å². The third-order valence-corrected chi connectivity index (χ3v) is 9.50. The monoisotopic (exact) mass is 612 g/mol. The Morgan fingerprint density at radius 3 is 1.56 bits per heavy atom. The molecule has 0 spiro atoms. The lowest BCUT2D eigenvalue weighted by Gasteiger charge is -2.15. The van der Waals surface area contributed by atoms with Crippen molar-refractivity contribution in [2.45, 2.75) is 0 Å². The van der Waals surface area contributed by atoms with E-state index in [0.29, 0.717) is 0 Å². The van der Waals surface area contributed by atoms with Crippen LogP contribution in [0.5, 0.6) is 0 Å². The summed E-state index contributed by atoms with van der Waals surface area (Å²) in [5, 5.41) is 4.85. The summed E-state index contributed by atoms with van der Waals surface area (Å²) >= 11 is 0. The third-order valence-electron chi connectivity index (χ3n) is 9.50. The predicted molar refractivity (Wildman–Crippen MR) is 199 cm³/mol. The standard InChI is InChI=1S/C44H28N4/c1-2-13-29(14-3-1)30-15-12-16-31(27-30)43-44(46-38-21-8-7-20-37(38)45-43)48-41-24-11-6-19-35(41)36-28-32(25-26-42(36)48)47-39-22-9-4-17-33(39)34-18-5-10-23-40(34)47/h1-28H. The van der Waals surface area contributed by atoms with Gasteiger partial charge in [0.05, 0.1) is 33.1 Å². The third kappa shape index (κ3) is 4.03. The van der Waals surface area contributed by atoms with Crippen molar-refractivity contribution in [1.29, 1.82) is 0 Å². The van der Waals surface area contributed by atoms with Gasteiger partial charge < -0.3 is 4.57 Å². The quantitative estimate of drug-likeness (QED) is 0.198. The molecule has 4 nitrogen and oxygen atoms in total. The molecule has 7 aromatic carbocycles. The van der Waals surface area contributed by atoms with Crippen LogP contribution in [-0.4, -0.2) is 19.1 Å². The summed E-state index contributed by atoms with van der Waals surface area (Å²) in [5.41, 5.74) is 11.6. The van der Waals surface area contributed by atoms with Gasteiger partial charge >= 0.3 is 0 Å². The Hall–Kier alpha value is -6.52. The van der Waals surface area contributed by atoms with Gasteiger partial charge in [0.1, 0.15) is 5.69 Å². The van der Waals surface area contributed by atoms with Crippen LogP contribution in [-0.2, 0) is 0 Å². The number of nitrogens with zero attached hydrogens (tertiary/aromatic N) is 4. The van der Waals surface area contributed by atoms with E-state index in [4.69, 9.17) is 9.97 Å². The molecule has 0 aliphatic heterocycles. The molecule has 10 aromatic rings. The first-order valence-corrected chi connectivity index (χ1v) is 16.3. The summed E-state index contributed by atoms with van der Waals surface area (Å²) in [7, 11) is 0. The molecule has 0 saturated heterocycles. The first-order valence-electron chi connectivity index (χ1n) is 16.3. The van der Waals surface area contributed by atoms with Gasteiger partial charge in [-0.05, 0) is 65.7 Å². The average molecular weight is 613 g/mol. The molecule has 0 N–H and O–H groups in total. The molecule has 0 aliphatic carbocycles. The van der Waals surface area contributed by atoms with Crippen molar-refractivity contribution in [3.8, 4) is 33.9 Å². The Morgan fingerprint density at radius 1 is 0.333 bits per heavy atom. The van der Waals surface area contributed by atoms with Gasteiger partial charge in [-0.15, -0.1) is 0 Å². The van der Waals surface area contributed by atoms with E-state index in [1.54, 1.807) is 0 Å². The van der Waals surface area contributed by atoms with Crippen molar-refractivity contribution < 1.29 is 0 Å². The Balaban J connectivity index is 1.26. The van der Waals surface area contributed by atoms with Gasteiger partial charge in [0.15, 0.2) is 5.82 Å². The zero-order valence-corrected chi connectivity index (χ0v) is 26.0. The van der Waals surface area contributed by atoms with E-state index in [9.17, 15) is 0 Å². The maximum absolute atomic E-state index is 5.35. The molecule has 224 valence electrons. The van der Waals surface area contributed by atoms with Crippen molar-refractivity contribution in [3.63, 3.8) is 0 Å². The van der Waals surface area contributed by atoms with Gasteiger partial charge in [-0.25, -0.2) is 9.97 Å². The highest BCUT2D eigenvalue weighted by molar-refractivity contribution is 6.12. The Kier molecular flexibility index (Phi) is 5.84. The molecule has 0 unspecified atom stereocenters. The zero-order chi connectivity index (χ0) is 31.6. The van der Waals surface area contributed by atoms with Gasteiger partial charge in [-0.3, -0.25) is 4.57 Å². The van der Waals surface area contributed by atoms with Gasteiger partial charge in [-0.2, -0.15) is 0 Å². The predicted octanol–water partition coefficient (Wildman–Crippen LogP) is 11.2. The molecule has 0 amide bonds. The number of rotatable bonds is 4. The molecule has 4 heteroatoms. The number of para-hydroxylation sites is 5. The summed E-state index contributed by atoms with van der Waals surface area (Å²) in [5.74, 6) is 0.815. The number of hydrogen-bond donors (Lipinski definition) is 0. The summed E-state index contributed by atoms with van der Waals surface area (Å²) in [6, 6.07) is 60.1. The second kappa shape index (κ2) is 10.5. The highest BCUT2D eigenvalue weighted by Gasteiger charge is 2.21.